The van der Waals surface area contributed by atoms with Crippen LogP contribution in [0, 0.1) is 10.1 Å². The van der Waals surface area contributed by atoms with Crippen LogP contribution >= 0.6 is 0 Å². The van der Waals surface area contributed by atoms with E-state index in [-0.39, 0.29) is 30.3 Å². The van der Waals surface area contributed by atoms with Crippen molar-refractivity contribution >= 4 is 29.1 Å². The number of nitrogens with two attached hydrogens (primary N) is 1. The molecule has 10 heteroatoms. The van der Waals surface area contributed by atoms with Crippen molar-refractivity contribution in [3.63, 3.8) is 0 Å². The Morgan fingerprint density at radius 2 is 1.84 bits per heavy atom. The van der Waals surface area contributed by atoms with Crippen LogP contribution in [0.2, 0.25) is 0 Å². The van der Waals surface area contributed by atoms with Gasteiger partial charge in [-0.1, -0.05) is 30.3 Å². The van der Waals surface area contributed by atoms with E-state index >= 15 is 0 Å². The van der Waals surface area contributed by atoms with E-state index in [1.807, 2.05) is 30.3 Å². The molecule has 0 fully saturated rings. The van der Waals surface area contributed by atoms with E-state index in [1.54, 1.807) is 20.8 Å². The Balaban J connectivity index is 2.11. The maximum Gasteiger partial charge on any atom is 0.408 e. The minimum absolute atomic E-state index is 0.0539. The van der Waals surface area contributed by atoms with E-state index in [9.17, 15) is 19.7 Å². The molecule has 0 saturated heterocycles. The number of anilines is 2. The Labute approximate surface area is 179 Å². The molecule has 31 heavy (non-hydrogen) atoms. The van der Waals surface area contributed by atoms with E-state index in [0.717, 1.165) is 11.6 Å². The normalized spacial score (nSPS) is 12.0. The van der Waals surface area contributed by atoms with Gasteiger partial charge in [0.2, 0.25) is 5.91 Å². The first-order valence-corrected chi connectivity index (χ1v) is 9.51. The van der Waals surface area contributed by atoms with Gasteiger partial charge in [0.25, 0.3) is 5.69 Å². The van der Waals surface area contributed by atoms with Gasteiger partial charge in [0.1, 0.15) is 11.6 Å². The third kappa shape index (κ3) is 7.94. The Bertz CT molecular complexity index is 927. The van der Waals surface area contributed by atoms with Crippen molar-refractivity contribution in [2.45, 2.75) is 39.0 Å². The summed E-state index contributed by atoms with van der Waals surface area (Å²) in [4.78, 5) is 35.4. The van der Waals surface area contributed by atoms with Crippen molar-refractivity contribution < 1.29 is 24.0 Å². The number of nitro groups is 1. The molecule has 2 rings (SSSR count). The van der Waals surface area contributed by atoms with Gasteiger partial charge in [-0.05, 0) is 32.4 Å². The van der Waals surface area contributed by atoms with Crippen LogP contribution < -0.4 is 16.4 Å². The standard InChI is InChI=1S/C21H26N4O6/c1-21(2,3)31-20(27)24-18(13-30-12-14-7-5-4-6-8-14)19(26)23-17-11-15(25(28)29)9-10-16(17)22/h4-11,18H,12-13,22H2,1-3H3,(H,23,26)(H,24,27). The molecule has 0 heterocycles. The zero-order valence-corrected chi connectivity index (χ0v) is 17.6. The highest BCUT2D eigenvalue weighted by Crippen LogP contribution is 2.24. The van der Waals surface area contributed by atoms with Crippen molar-refractivity contribution in [1.82, 2.24) is 5.32 Å². The summed E-state index contributed by atoms with van der Waals surface area (Å²) in [6.45, 7) is 5.14. The van der Waals surface area contributed by atoms with E-state index < -0.39 is 28.6 Å². The van der Waals surface area contributed by atoms with Gasteiger partial charge in [0, 0.05) is 12.1 Å². The first-order valence-electron chi connectivity index (χ1n) is 9.51. The predicted octanol–water partition coefficient (Wildman–Crippen LogP) is 3.23. The first kappa shape index (κ1) is 23.6. The number of hydrogen-bond donors (Lipinski definition) is 3. The summed E-state index contributed by atoms with van der Waals surface area (Å²) >= 11 is 0. The molecule has 0 aliphatic carbocycles. The number of alkyl carbamates (subject to hydrolysis) is 1. The molecule has 0 saturated carbocycles. The highest BCUT2D eigenvalue weighted by atomic mass is 16.6. The van der Waals surface area contributed by atoms with E-state index in [4.69, 9.17) is 15.2 Å². The van der Waals surface area contributed by atoms with Gasteiger partial charge in [-0.2, -0.15) is 0 Å². The van der Waals surface area contributed by atoms with Gasteiger partial charge < -0.3 is 25.8 Å². The lowest BCUT2D eigenvalue weighted by Gasteiger charge is -2.23. The lowest BCUT2D eigenvalue weighted by molar-refractivity contribution is -0.384. The summed E-state index contributed by atoms with van der Waals surface area (Å²) in [5.41, 5.74) is 5.90. The molecule has 0 aliphatic rings. The van der Waals surface area contributed by atoms with Crippen LogP contribution in [-0.4, -0.2) is 35.2 Å². The van der Waals surface area contributed by atoms with Crippen LogP contribution in [0.5, 0.6) is 0 Å². The molecule has 2 aromatic carbocycles. The zero-order chi connectivity index (χ0) is 23.0. The highest BCUT2D eigenvalue weighted by Gasteiger charge is 2.25. The molecule has 10 nitrogen and oxygen atoms in total. The second kappa shape index (κ2) is 10.4. The van der Waals surface area contributed by atoms with Gasteiger partial charge >= 0.3 is 6.09 Å². The molecular formula is C21H26N4O6. The number of carbonyl (C=O) groups is 2. The van der Waals surface area contributed by atoms with Gasteiger partial charge in [-0.3, -0.25) is 14.9 Å². The Morgan fingerprint density at radius 1 is 1.16 bits per heavy atom. The second-order valence-corrected chi connectivity index (χ2v) is 7.72. The molecular weight excluding hydrogens is 404 g/mol. The van der Waals surface area contributed by atoms with E-state index in [2.05, 4.69) is 10.6 Å². The number of rotatable bonds is 8. The van der Waals surface area contributed by atoms with Crippen molar-refractivity contribution in [1.29, 1.82) is 0 Å². The number of carbonyl (C=O) groups excluding carboxylic acids is 2. The lowest BCUT2D eigenvalue weighted by Crippen LogP contribution is -2.48. The van der Waals surface area contributed by atoms with Crippen LogP contribution in [-0.2, 0) is 20.9 Å². The van der Waals surface area contributed by atoms with E-state index in [1.165, 1.54) is 12.1 Å². The number of nitrogens with zero attached hydrogens (tertiary/aromatic N) is 1. The van der Waals surface area contributed by atoms with Crippen molar-refractivity contribution in [3.05, 3.63) is 64.2 Å². The summed E-state index contributed by atoms with van der Waals surface area (Å²) in [5, 5.41) is 16.0. The van der Waals surface area contributed by atoms with Crippen LogP contribution in [0.15, 0.2) is 48.5 Å². The third-order valence-electron chi connectivity index (χ3n) is 3.91. The molecule has 2 aromatic rings. The molecule has 4 N–H and O–H groups in total. The van der Waals surface area contributed by atoms with Gasteiger partial charge in [-0.25, -0.2) is 4.79 Å². The minimum atomic E-state index is -1.13. The zero-order valence-electron chi connectivity index (χ0n) is 17.6. The average molecular weight is 430 g/mol. The summed E-state index contributed by atoms with van der Waals surface area (Å²) in [6.07, 6.45) is -0.803. The topological polar surface area (TPSA) is 146 Å². The second-order valence-electron chi connectivity index (χ2n) is 7.72. The maximum absolute atomic E-state index is 12.8. The highest BCUT2D eigenvalue weighted by molar-refractivity contribution is 5.99. The maximum atomic E-state index is 12.8. The van der Waals surface area contributed by atoms with Crippen LogP contribution in [0.4, 0.5) is 21.9 Å². The molecule has 0 aliphatic heterocycles. The number of non-ortho nitro benzene ring substituents is 1. The molecule has 0 aromatic heterocycles. The first-order chi connectivity index (χ1) is 14.5. The number of benzene rings is 2. The molecule has 1 unspecified atom stereocenters. The number of amides is 2. The minimum Gasteiger partial charge on any atom is -0.444 e. The van der Waals surface area contributed by atoms with Gasteiger partial charge in [-0.15, -0.1) is 0 Å². The molecule has 166 valence electrons. The third-order valence-corrected chi connectivity index (χ3v) is 3.91. The van der Waals surface area contributed by atoms with Gasteiger partial charge in [0.05, 0.1) is 29.5 Å². The van der Waals surface area contributed by atoms with E-state index in [0.29, 0.717) is 0 Å². The number of nitro benzene ring substituents is 1. The number of nitrogen functional groups attached to an aromatic ring is 1. The summed E-state index contributed by atoms with van der Waals surface area (Å²) < 4.78 is 10.8. The summed E-state index contributed by atoms with van der Waals surface area (Å²) in [7, 11) is 0. The smallest absolute Gasteiger partial charge is 0.408 e. The Kier molecular flexibility index (Phi) is 7.92. The SMILES string of the molecule is CC(C)(C)OC(=O)NC(COCc1ccccc1)C(=O)Nc1cc([N+](=O)[O-])ccc1N. The summed E-state index contributed by atoms with van der Waals surface area (Å²) in [6, 6.07) is 11.9. The fourth-order valence-corrected chi connectivity index (χ4v) is 2.49. The predicted molar refractivity (Wildman–Crippen MR) is 115 cm³/mol. The van der Waals surface area contributed by atoms with Crippen LogP contribution in [0.1, 0.15) is 26.3 Å². The number of nitrogens with one attached hydrogen (secondary N) is 2. The monoisotopic (exact) mass is 430 g/mol. The lowest BCUT2D eigenvalue weighted by atomic mass is 10.2. The molecule has 2 amide bonds. The summed E-state index contributed by atoms with van der Waals surface area (Å²) in [5.74, 6) is -0.661. The van der Waals surface area contributed by atoms with Crippen LogP contribution in [0.25, 0.3) is 0 Å². The van der Waals surface area contributed by atoms with Crippen LogP contribution in [0.3, 0.4) is 0 Å². The largest absolute Gasteiger partial charge is 0.444 e. The van der Waals surface area contributed by atoms with Crippen molar-refractivity contribution in [2.75, 3.05) is 17.7 Å². The molecule has 0 spiro atoms. The quantitative estimate of drug-likeness (QED) is 0.331. The fourth-order valence-electron chi connectivity index (χ4n) is 2.49. The molecule has 0 bridgehead atoms. The number of ether oxygens (including phenoxy) is 2. The number of hydrogen-bond acceptors (Lipinski definition) is 7. The molecule has 1 atom stereocenters. The fraction of sp³-hybridized carbons (Fsp3) is 0.333. The van der Waals surface area contributed by atoms with Gasteiger partial charge in [0.15, 0.2) is 0 Å². The van der Waals surface area contributed by atoms with Crippen molar-refractivity contribution in [2.24, 2.45) is 0 Å². The Hall–Kier alpha value is -3.66. The van der Waals surface area contributed by atoms with Crippen molar-refractivity contribution in [3.8, 4) is 0 Å². The Morgan fingerprint density at radius 3 is 2.45 bits per heavy atom. The molecule has 0 radical (unpaired) electrons. The average Bonchev–Trinajstić information content (AvgIpc) is 2.68.